The van der Waals surface area contributed by atoms with Crippen molar-refractivity contribution in [1.82, 2.24) is 4.98 Å². The molecule has 0 aliphatic heterocycles. The van der Waals surface area contributed by atoms with E-state index in [-0.39, 0.29) is 11.4 Å². The number of carbonyl (C=O) groups is 1. The number of esters is 1. The molecule has 0 aliphatic carbocycles. The maximum atomic E-state index is 12.7. The first-order chi connectivity index (χ1) is 8.58. The summed E-state index contributed by atoms with van der Waals surface area (Å²) >= 11 is 0. The summed E-state index contributed by atoms with van der Waals surface area (Å²) in [5.74, 6) is -0.785. The van der Waals surface area contributed by atoms with Gasteiger partial charge in [0.2, 0.25) is 5.88 Å². The summed E-state index contributed by atoms with van der Waals surface area (Å²) in [6, 6.07) is 1.36. The molecule has 4 nitrogen and oxygen atoms in total. The first-order valence-electron chi connectivity index (χ1n) is 5.39. The maximum absolute atomic E-state index is 12.7. The van der Waals surface area contributed by atoms with Crippen LogP contribution in [0.15, 0.2) is 12.3 Å². The Morgan fingerprint density at radius 3 is 2.32 bits per heavy atom. The fourth-order valence-corrected chi connectivity index (χ4v) is 1.20. The van der Waals surface area contributed by atoms with E-state index >= 15 is 0 Å². The van der Waals surface area contributed by atoms with Crippen LogP contribution in [0, 0.1) is 6.92 Å². The predicted molar refractivity (Wildman–Crippen MR) is 61.1 cm³/mol. The highest BCUT2D eigenvalue weighted by Crippen LogP contribution is 2.34. The van der Waals surface area contributed by atoms with Crippen molar-refractivity contribution < 1.29 is 27.4 Å². The van der Waals surface area contributed by atoms with Gasteiger partial charge in [0.1, 0.15) is 0 Å². The second-order valence-electron chi connectivity index (χ2n) is 4.45. The van der Waals surface area contributed by atoms with Crippen LogP contribution in [0.4, 0.5) is 13.2 Å². The van der Waals surface area contributed by atoms with Crippen LogP contribution in [0.2, 0.25) is 0 Å². The van der Waals surface area contributed by atoms with Gasteiger partial charge >= 0.3 is 12.1 Å². The Balaban J connectivity index is 3.02. The van der Waals surface area contributed by atoms with Gasteiger partial charge in [-0.1, -0.05) is 0 Å². The molecule has 0 amide bonds. The first kappa shape index (κ1) is 15.3. The van der Waals surface area contributed by atoms with E-state index in [0.29, 0.717) is 5.56 Å². The smallest absolute Gasteiger partial charge is 0.427 e. The van der Waals surface area contributed by atoms with Crippen molar-refractivity contribution in [3.63, 3.8) is 0 Å². The largest absolute Gasteiger partial charge is 0.465 e. The molecule has 0 aromatic carbocycles. The summed E-state index contributed by atoms with van der Waals surface area (Å²) in [6.45, 7) is 3.31. The highest BCUT2D eigenvalue weighted by Gasteiger charge is 2.50. The Morgan fingerprint density at radius 1 is 1.32 bits per heavy atom. The number of aromatic nitrogens is 1. The maximum Gasteiger partial charge on any atom is 0.427 e. The molecule has 1 aromatic rings. The minimum atomic E-state index is -4.53. The highest BCUT2D eigenvalue weighted by molar-refractivity contribution is 5.89. The summed E-state index contributed by atoms with van der Waals surface area (Å²) in [4.78, 5) is 15.0. The second kappa shape index (κ2) is 5.07. The Bertz CT molecular complexity index is 484. The number of hydrogen-bond acceptors (Lipinski definition) is 4. The summed E-state index contributed by atoms with van der Waals surface area (Å²) in [5, 5.41) is 0. The van der Waals surface area contributed by atoms with Gasteiger partial charge < -0.3 is 9.47 Å². The fourth-order valence-electron chi connectivity index (χ4n) is 1.20. The number of pyridine rings is 1. The fraction of sp³-hybridized carbons (Fsp3) is 0.500. The van der Waals surface area contributed by atoms with E-state index in [1.54, 1.807) is 0 Å². The molecule has 0 unspecified atom stereocenters. The molecular formula is C12H14F3NO3. The molecule has 0 saturated carbocycles. The number of rotatable bonds is 3. The zero-order chi connectivity index (χ0) is 14.8. The van der Waals surface area contributed by atoms with Gasteiger partial charge in [0.05, 0.1) is 12.7 Å². The van der Waals surface area contributed by atoms with Crippen LogP contribution in [0.1, 0.15) is 29.8 Å². The molecule has 1 heterocycles. The number of alkyl halides is 3. The number of methoxy groups -OCH3 is 1. The van der Waals surface area contributed by atoms with Gasteiger partial charge in [0.15, 0.2) is 5.60 Å². The molecule has 0 atom stereocenters. The van der Waals surface area contributed by atoms with Gasteiger partial charge in [-0.2, -0.15) is 13.2 Å². The molecule has 0 radical (unpaired) electrons. The Morgan fingerprint density at radius 2 is 1.89 bits per heavy atom. The molecule has 0 spiro atoms. The van der Waals surface area contributed by atoms with Crippen LogP contribution in [0.25, 0.3) is 0 Å². The van der Waals surface area contributed by atoms with E-state index in [4.69, 9.17) is 4.74 Å². The molecular weight excluding hydrogens is 263 g/mol. The van der Waals surface area contributed by atoms with Crippen molar-refractivity contribution >= 4 is 5.97 Å². The monoisotopic (exact) mass is 277 g/mol. The number of ether oxygens (including phenoxy) is 2. The van der Waals surface area contributed by atoms with Crippen LogP contribution in [-0.2, 0) is 4.74 Å². The lowest BCUT2D eigenvalue weighted by atomic mass is 10.1. The molecule has 1 aromatic heterocycles. The lowest BCUT2D eigenvalue weighted by Gasteiger charge is -2.28. The zero-order valence-corrected chi connectivity index (χ0v) is 11.0. The summed E-state index contributed by atoms with van der Waals surface area (Å²) in [5.41, 5.74) is -1.89. The van der Waals surface area contributed by atoms with Gasteiger partial charge in [-0.3, -0.25) is 0 Å². The average molecular weight is 277 g/mol. The summed E-state index contributed by atoms with van der Waals surface area (Å²) in [6.07, 6.45) is -3.41. The quantitative estimate of drug-likeness (QED) is 0.797. The number of aryl methyl sites for hydroxylation is 1. The number of halogens is 3. The van der Waals surface area contributed by atoms with Gasteiger partial charge in [-0.25, -0.2) is 9.78 Å². The third-order valence-corrected chi connectivity index (χ3v) is 2.49. The lowest BCUT2D eigenvalue weighted by Crippen LogP contribution is -2.44. The van der Waals surface area contributed by atoms with Crippen LogP contribution in [0.5, 0.6) is 5.88 Å². The van der Waals surface area contributed by atoms with Crippen LogP contribution < -0.4 is 4.74 Å². The van der Waals surface area contributed by atoms with Gasteiger partial charge in [0.25, 0.3) is 0 Å². The molecule has 0 N–H and O–H groups in total. The minimum Gasteiger partial charge on any atom is -0.465 e. The van der Waals surface area contributed by atoms with E-state index in [1.807, 2.05) is 0 Å². The minimum absolute atomic E-state index is 0.150. The van der Waals surface area contributed by atoms with Crippen molar-refractivity contribution in [2.75, 3.05) is 7.11 Å². The zero-order valence-electron chi connectivity index (χ0n) is 11.0. The topological polar surface area (TPSA) is 48.4 Å². The number of nitrogens with zero attached hydrogens (tertiary/aromatic N) is 1. The Hall–Kier alpha value is -1.79. The van der Waals surface area contributed by atoms with Gasteiger partial charge in [-0.05, 0) is 26.8 Å². The van der Waals surface area contributed by atoms with E-state index in [1.165, 1.54) is 20.1 Å². The molecule has 7 heteroatoms. The van der Waals surface area contributed by atoms with E-state index in [0.717, 1.165) is 20.0 Å². The van der Waals surface area contributed by atoms with Crippen LogP contribution in [0.3, 0.4) is 0 Å². The van der Waals surface area contributed by atoms with E-state index in [9.17, 15) is 18.0 Å². The molecule has 0 bridgehead atoms. The highest BCUT2D eigenvalue weighted by atomic mass is 19.4. The summed E-state index contributed by atoms with van der Waals surface area (Å²) < 4.78 is 47.4. The van der Waals surface area contributed by atoms with Crippen molar-refractivity contribution in [3.05, 3.63) is 23.4 Å². The second-order valence-corrected chi connectivity index (χ2v) is 4.45. The third kappa shape index (κ3) is 3.36. The molecule has 1 rings (SSSR count). The average Bonchev–Trinajstić information content (AvgIpc) is 2.29. The van der Waals surface area contributed by atoms with Crippen molar-refractivity contribution in [1.29, 1.82) is 0 Å². The first-order valence-corrected chi connectivity index (χ1v) is 5.39. The Labute approximate surface area is 108 Å². The van der Waals surface area contributed by atoms with E-state index < -0.39 is 17.7 Å². The predicted octanol–water partition coefficient (Wildman–Crippen LogP) is 2.90. The van der Waals surface area contributed by atoms with Crippen LogP contribution >= 0.6 is 0 Å². The number of hydrogen-bond donors (Lipinski definition) is 0. The van der Waals surface area contributed by atoms with Crippen molar-refractivity contribution in [2.24, 2.45) is 0 Å². The molecule has 0 saturated heterocycles. The van der Waals surface area contributed by atoms with Gasteiger partial charge in [0, 0.05) is 11.8 Å². The molecule has 106 valence electrons. The Kier molecular flexibility index (Phi) is 4.07. The molecule has 0 fully saturated rings. The molecule has 0 aliphatic rings. The van der Waals surface area contributed by atoms with Crippen molar-refractivity contribution in [2.45, 2.75) is 32.5 Å². The van der Waals surface area contributed by atoms with Crippen molar-refractivity contribution in [3.8, 4) is 5.88 Å². The lowest BCUT2D eigenvalue weighted by molar-refractivity contribution is -0.235. The molecule has 19 heavy (non-hydrogen) atoms. The normalized spacial score (nSPS) is 12.2. The van der Waals surface area contributed by atoms with E-state index in [2.05, 4.69) is 9.72 Å². The SMILES string of the molecule is COC(=O)c1cnc(OC(C)(C)C(F)(F)F)c(C)c1. The van der Waals surface area contributed by atoms with Crippen LogP contribution in [-0.4, -0.2) is 29.8 Å². The summed E-state index contributed by atoms with van der Waals surface area (Å²) in [7, 11) is 1.20. The van der Waals surface area contributed by atoms with Gasteiger partial charge in [-0.15, -0.1) is 0 Å². The third-order valence-electron chi connectivity index (χ3n) is 2.49. The number of carbonyl (C=O) groups excluding carboxylic acids is 1. The standard InChI is InChI=1S/C12H14F3NO3/c1-7-5-8(10(17)18-4)6-16-9(7)19-11(2,3)12(13,14)15/h5-6H,1-4H3.